The van der Waals surface area contributed by atoms with Crippen molar-refractivity contribution >= 4 is 17.8 Å². The molecule has 2 aromatic carbocycles. The highest BCUT2D eigenvalue weighted by Gasteiger charge is 2.33. The summed E-state index contributed by atoms with van der Waals surface area (Å²) in [7, 11) is 1.50. The van der Waals surface area contributed by atoms with Gasteiger partial charge in [-0.2, -0.15) is 0 Å². The van der Waals surface area contributed by atoms with Crippen LogP contribution in [0, 0.1) is 11.8 Å². The molecule has 0 heterocycles. The van der Waals surface area contributed by atoms with Crippen LogP contribution in [0.5, 0.6) is 0 Å². The van der Waals surface area contributed by atoms with Gasteiger partial charge in [-0.05, 0) is 37.3 Å². The fourth-order valence-corrected chi connectivity index (χ4v) is 4.38. The quantitative estimate of drug-likeness (QED) is 0.192. The first kappa shape index (κ1) is 32.5. The SMILES string of the molecule is C=CC[C@@H](CC(=O)N[C@@H](C)CO)C(=O)N[C@@H](COC)[C@@H](OC(=O)[C@@H](CC=C)Cc1ccccc1)c1ccccc1. The molecule has 0 radical (unpaired) electrons. The molecule has 3 N–H and O–H groups in total. The zero-order chi connectivity index (χ0) is 29.3. The number of hydrogen-bond donors (Lipinski definition) is 3. The van der Waals surface area contributed by atoms with E-state index in [4.69, 9.17) is 9.47 Å². The van der Waals surface area contributed by atoms with E-state index < -0.39 is 41.9 Å². The first-order valence-electron chi connectivity index (χ1n) is 13.5. The molecule has 0 unspecified atom stereocenters. The Morgan fingerprint density at radius 3 is 2.10 bits per heavy atom. The predicted molar refractivity (Wildman–Crippen MR) is 155 cm³/mol. The van der Waals surface area contributed by atoms with Gasteiger partial charge in [-0.1, -0.05) is 72.8 Å². The Kier molecular flexibility index (Phi) is 14.4. The van der Waals surface area contributed by atoms with Gasteiger partial charge in [0.1, 0.15) is 6.10 Å². The molecule has 2 aromatic rings. The Morgan fingerprint density at radius 2 is 1.52 bits per heavy atom. The number of amides is 2. The van der Waals surface area contributed by atoms with Crippen molar-refractivity contribution in [3.8, 4) is 0 Å². The molecule has 8 nitrogen and oxygen atoms in total. The summed E-state index contributed by atoms with van der Waals surface area (Å²) in [4.78, 5) is 39.4. The minimum absolute atomic E-state index is 0.0674. The summed E-state index contributed by atoms with van der Waals surface area (Å²) in [6, 6.07) is 17.7. The minimum atomic E-state index is -0.840. The first-order chi connectivity index (χ1) is 19.3. The number of carbonyl (C=O) groups excluding carboxylic acids is 3. The van der Waals surface area contributed by atoms with E-state index in [0.29, 0.717) is 18.4 Å². The second-order valence-electron chi connectivity index (χ2n) is 9.83. The molecule has 0 aliphatic carbocycles. The molecular weight excluding hydrogens is 508 g/mol. The molecule has 0 spiro atoms. The Balaban J connectivity index is 2.29. The molecule has 0 saturated heterocycles. The topological polar surface area (TPSA) is 114 Å². The van der Waals surface area contributed by atoms with Gasteiger partial charge in [0.2, 0.25) is 11.8 Å². The number of esters is 1. The lowest BCUT2D eigenvalue weighted by atomic mass is 9.95. The van der Waals surface area contributed by atoms with Gasteiger partial charge in [0.25, 0.3) is 0 Å². The predicted octanol–water partition coefficient (Wildman–Crippen LogP) is 3.92. The number of carbonyl (C=O) groups is 3. The summed E-state index contributed by atoms with van der Waals surface area (Å²) in [6.07, 6.45) is 3.53. The number of hydrogen-bond acceptors (Lipinski definition) is 6. The third-order valence-electron chi connectivity index (χ3n) is 6.46. The van der Waals surface area contributed by atoms with Gasteiger partial charge in [0.15, 0.2) is 0 Å². The third kappa shape index (κ3) is 10.8. The molecule has 0 aliphatic rings. The van der Waals surface area contributed by atoms with Crippen LogP contribution < -0.4 is 10.6 Å². The van der Waals surface area contributed by atoms with E-state index in [2.05, 4.69) is 23.8 Å². The molecule has 0 aliphatic heterocycles. The number of nitrogens with one attached hydrogen (secondary N) is 2. The summed E-state index contributed by atoms with van der Waals surface area (Å²) < 4.78 is 11.5. The maximum atomic E-state index is 13.5. The van der Waals surface area contributed by atoms with Crippen molar-refractivity contribution in [2.24, 2.45) is 11.8 Å². The highest BCUT2D eigenvalue weighted by molar-refractivity contribution is 5.86. The molecule has 40 heavy (non-hydrogen) atoms. The Hall–Kier alpha value is -3.75. The van der Waals surface area contributed by atoms with Gasteiger partial charge in [-0.3, -0.25) is 14.4 Å². The molecule has 0 bridgehead atoms. The molecule has 0 aromatic heterocycles. The van der Waals surface area contributed by atoms with Crippen LogP contribution >= 0.6 is 0 Å². The summed E-state index contributed by atoms with van der Waals surface area (Å²) in [6.45, 7) is 9.06. The second-order valence-corrected chi connectivity index (χ2v) is 9.83. The highest BCUT2D eigenvalue weighted by Crippen LogP contribution is 2.26. The number of methoxy groups -OCH3 is 1. The van der Waals surface area contributed by atoms with Gasteiger partial charge in [0, 0.05) is 19.6 Å². The molecule has 0 saturated carbocycles. The maximum Gasteiger partial charge on any atom is 0.310 e. The van der Waals surface area contributed by atoms with Gasteiger partial charge < -0.3 is 25.2 Å². The van der Waals surface area contributed by atoms with Crippen molar-refractivity contribution in [3.05, 3.63) is 97.1 Å². The summed E-state index contributed by atoms with van der Waals surface area (Å²) >= 11 is 0. The highest BCUT2D eigenvalue weighted by atomic mass is 16.5. The molecule has 2 amide bonds. The third-order valence-corrected chi connectivity index (χ3v) is 6.46. The Morgan fingerprint density at radius 1 is 0.925 bits per heavy atom. The first-order valence-corrected chi connectivity index (χ1v) is 13.5. The van der Waals surface area contributed by atoms with Crippen molar-refractivity contribution in [1.82, 2.24) is 10.6 Å². The summed E-state index contributed by atoms with van der Waals surface area (Å²) in [5.74, 6) is -2.33. The van der Waals surface area contributed by atoms with Crippen molar-refractivity contribution in [2.45, 2.75) is 50.8 Å². The van der Waals surface area contributed by atoms with E-state index >= 15 is 0 Å². The van der Waals surface area contributed by atoms with Crippen molar-refractivity contribution in [2.75, 3.05) is 20.3 Å². The molecule has 0 fully saturated rings. The maximum absolute atomic E-state index is 13.5. The Bertz CT molecular complexity index is 1080. The Labute approximate surface area is 237 Å². The molecule has 5 atom stereocenters. The second kappa shape index (κ2) is 17.8. The van der Waals surface area contributed by atoms with Gasteiger partial charge in [-0.25, -0.2) is 0 Å². The summed E-state index contributed by atoms with van der Waals surface area (Å²) in [5.41, 5.74) is 1.70. The van der Waals surface area contributed by atoms with Crippen LogP contribution in [0.25, 0.3) is 0 Å². The average molecular weight is 551 g/mol. The molecule has 2 rings (SSSR count). The summed E-state index contributed by atoms with van der Waals surface area (Å²) in [5, 5.41) is 14.9. The van der Waals surface area contributed by atoms with Gasteiger partial charge >= 0.3 is 5.97 Å². The van der Waals surface area contributed by atoms with Crippen molar-refractivity contribution in [3.63, 3.8) is 0 Å². The lowest BCUT2D eigenvalue weighted by Gasteiger charge is -2.30. The van der Waals surface area contributed by atoms with Crippen molar-refractivity contribution < 1.29 is 29.0 Å². The lowest BCUT2D eigenvalue weighted by molar-refractivity contribution is -0.158. The number of rotatable bonds is 18. The lowest BCUT2D eigenvalue weighted by Crippen LogP contribution is -2.47. The van der Waals surface area contributed by atoms with E-state index in [1.165, 1.54) is 7.11 Å². The van der Waals surface area contributed by atoms with Crippen LogP contribution in [0.4, 0.5) is 0 Å². The standard InChI is InChI=1S/C32H42N2O6/c1-5-13-26(20-29(36)33-23(3)21-35)31(37)34-28(22-39-4)30(25-17-11-8-12-18-25)40-32(38)27(14-6-2)19-24-15-9-7-10-16-24/h5-12,15-18,23,26-28,30,35H,1-2,13-14,19-22H2,3-4H3,(H,33,36)(H,34,37)/t23-,26-,27-,28-,30-/m0/s1. The van der Waals surface area contributed by atoms with Crippen LogP contribution in [-0.2, 0) is 30.3 Å². The van der Waals surface area contributed by atoms with Crippen LogP contribution in [-0.4, -0.2) is 55.3 Å². The normalized spacial score (nSPS) is 14.6. The number of allylic oxidation sites excluding steroid dienone is 2. The largest absolute Gasteiger partial charge is 0.455 e. The van der Waals surface area contributed by atoms with Gasteiger partial charge in [0.05, 0.1) is 31.1 Å². The molecule has 8 heteroatoms. The zero-order valence-corrected chi connectivity index (χ0v) is 23.5. The minimum Gasteiger partial charge on any atom is -0.455 e. The molecular formula is C32H42N2O6. The molecule has 216 valence electrons. The number of aliphatic hydroxyl groups is 1. The van der Waals surface area contributed by atoms with E-state index in [0.717, 1.165) is 5.56 Å². The van der Waals surface area contributed by atoms with Crippen LogP contribution in [0.3, 0.4) is 0 Å². The fraction of sp³-hybridized carbons (Fsp3) is 0.406. The number of benzene rings is 2. The number of ether oxygens (including phenoxy) is 2. The monoisotopic (exact) mass is 550 g/mol. The zero-order valence-electron chi connectivity index (χ0n) is 23.5. The smallest absolute Gasteiger partial charge is 0.310 e. The van der Waals surface area contributed by atoms with E-state index in [9.17, 15) is 19.5 Å². The van der Waals surface area contributed by atoms with E-state index in [1.807, 2.05) is 60.7 Å². The fourth-order valence-electron chi connectivity index (χ4n) is 4.38. The van der Waals surface area contributed by atoms with Gasteiger partial charge in [-0.15, -0.1) is 13.2 Å². The van der Waals surface area contributed by atoms with E-state index in [-0.39, 0.29) is 32.0 Å². The van der Waals surface area contributed by atoms with Crippen molar-refractivity contribution in [1.29, 1.82) is 0 Å². The number of aliphatic hydroxyl groups excluding tert-OH is 1. The van der Waals surface area contributed by atoms with E-state index in [1.54, 1.807) is 19.1 Å². The average Bonchev–Trinajstić information content (AvgIpc) is 2.96. The van der Waals surface area contributed by atoms with Crippen LogP contribution in [0.2, 0.25) is 0 Å². The van der Waals surface area contributed by atoms with Crippen LogP contribution in [0.15, 0.2) is 86.0 Å². The van der Waals surface area contributed by atoms with Crippen LogP contribution in [0.1, 0.15) is 43.4 Å².